The van der Waals surface area contributed by atoms with E-state index >= 15 is 0 Å². The molecule has 0 fully saturated rings. The number of aryl methyl sites for hydroxylation is 2. The molecule has 0 atom stereocenters. The quantitative estimate of drug-likeness (QED) is 0.835. The Hall–Kier alpha value is -1.86. The van der Waals surface area contributed by atoms with Gasteiger partial charge in [0.25, 0.3) is 10.0 Å². The first-order chi connectivity index (χ1) is 9.51. The number of nitrogens with two attached hydrogens (primary N) is 1. The lowest BCUT2D eigenvalue weighted by molar-refractivity contribution is 0.601. The average molecular weight is 294 g/mol. The average Bonchev–Trinajstić information content (AvgIpc) is 2.81. The summed E-state index contributed by atoms with van der Waals surface area (Å²) in [5.74, 6) is 0.305. The van der Waals surface area contributed by atoms with Gasteiger partial charge < -0.3 is 5.73 Å². The van der Waals surface area contributed by atoms with Crippen LogP contribution >= 0.6 is 0 Å². The highest BCUT2D eigenvalue weighted by Gasteiger charge is 2.15. The Balaban J connectivity index is 2.13. The zero-order valence-electron chi connectivity index (χ0n) is 11.3. The molecule has 0 aliphatic rings. The van der Waals surface area contributed by atoms with Gasteiger partial charge in [-0.3, -0.25) is 9.40 Å². The second-order valence-electron chi connectivity index (χ2n) is 4.52. The van der Waals surface area contributed by atoms with Crippen molar-refractivity contribution in [1.29, 1.82) is 0 Å². The van der Waals surface area contributed by atoms with Crippen LogP contribution in [0.3, 0.4) is 0 Å². The lowest BCUT2D eigenvalue weighted by Gasteiger charge is -2.06. The van der Waals surface area contributed by atoms with Gasteiger partial charge in [0, 0.05) is 19.3 Å². The Morgan fingerprint density at radius 3 is 2.50 bits per heavy atom. The van der Waals surface area contributed by atoms with E-state index in [1.54, 1.807) is 31.4 Å². The summed E-state index contributed by atoms with van der Waals surface area (Å²) in [7, 11) is -1.86. The number of rotatable bonds is 6. The SMILES string of the molecule is Cn1ccc(NS(=O)(=O)c2ccc(CCCN)cc2)n1. The molecule has 0 spiro atoms. The van der Waals surface area contributed by atoms with Crippen LogP contribution in [0.25, 0.3) is 0 Å². The molecule has 0 bridgehead atoms. The summed E-state index contributed by atoms with van der Waals surface area (Å²) in [4.78, 5) is 0.222. The smallest absolute Gasteiger partial charge is 0.263 e. The lowest BCUT2D eigenvalue weighted by atomic mass is 10.1. The van der Waals surface area contributed by atoms with Crippen molar-refractivity contribution >= 4 is 15.8 Å². The highest BCUT2D eigenvalue weighted by Crippen LogP contribution is 2.15. The number of anilines is 1. The van der Waals surface area contributed by atoms with E-state index in [2.05, 4.69) is 9.82 Å². The van der Waals surface area contributed by atoms with Crippen LogP contribution in [0.2, 0.25) is 0 Å². The van der Waals surface area contributed by atoms with E-state index in [0.717, 1.165) is 18.4 Å². The van der Waals surface area contributed by atoms with E-state index in [4.69, 9.17) is 5.73 Å². The lowest BCUT2D eigenvalue weighted by Crippen LogP contribution is -2.13. The van der Waals surface area contributed by atoms with Crippen molar-refractivity contribution < 1.29 is 8.42 Å². The number of nitrogens with one attached hydrogen (secondary N) is 1. The van der Waals surface area contributed by atoms with Gasteiger partial charge in [-0.05, 0) is 37.1 Å². The van der Waals surface area contributed by atoms with Gasteiger partial charge in [0.2, 0.25) is 0 Å². The first-order valence-corrected chi connectivity index (χ1v) is 7.81. The van der Waals surface area contributed by atoms with Gasteiger partial charge in [0.15, 0.2) is 5.82 Å². The fourth-order valence-corrected chi connectivity index (χ4v) is 2.80. The summed E-state index contributed by atoms with van der Waals surface area (Å²) in [6.07, 6.45) is 3.41. The van der Waals surface area contributed by atoms with Crippen LogP contribution in [0.5, 0.6) is 0 Å². The Kier molecular flexibility index (Phi) is 4.41. The third-order valence-corrected chi connectivity index (χ3v) is 4.23. The Labute approximate surface area is 118 Å². The molecule has 0 aliphatic heterocycles. The molecule has 1 aromatic carbocycles. The molecule has 0 saturated heterocycles. The molecule has 7 heteroatoms. The van der Waals surface area contributed by atoms with Crippen LogP contribution in [0.1, 0.15) is 12.0 Å². The second-order valence-corrected chi connectivity index (χ2v) is 6.20. The number of nitrogens with zero attached hydrogens (tertiary/aromatic N) is 2. The van der Waals surface area contributed by atoms with Crippen molar-refractivity contribution in [2.75, 3.05) is 11.3 Å². The summed E-state index contributed by atoms with van der Waals surface area (Å²) in [5, 5.41) is 3.99. The Morgan fingerprint density at radius 1 is 1.25 bits per heavy atom. The maximum absolute atomic E-state index is 12.2. The second kappa shape index (κ2) is 6.06. The predicted octanol–water partition coefficient (Wildman–Crippen LogP) is 1.11. The van der Waals surface area contributed by atoms with E-state index in [0.29, 0.717) is 12.4 Å². The molecule has 2 aromatic rings. The maximum atomic E-state index is 12.2. The van der Waals surface area contributed by atoms with E-state index in [1.807, 2.05) is 12.1 Å². The minimum atomic E-state index is -3.59. The van der Waals surface area contributed by atoms with Crippen molar-refractivity contribution in [1.82, 2.24) is 9.78 Å². The van der Waals surface area contributed by atoms with E-state index in [-0.39, 0.29) is 4.90 Å². The molecule has 3 N–H and O–H groups in total. The number of hydrogen-bond donors (Lipinski definition) is 2. The summed E-state index contributed by atoms with van der Waals surface area (Å²) in [6.45, 7) is 0.626. The van der Waals surface area contributed by atoms with Crippen LogP contribution in [0.4, 0.5) is 5.82 Å². The molecule has 20 heavy (non-hydrogen) atoms. The monoisotopic (exact) mass is 294 g/mol. The third kappa shape index (κ3) is 3.58. The molecule has 6 nitrogen and oxygen atoms in total. The molecule has 0 unspecified atom stereocenters. The number of benzene rings is 1. The zero-order chi connectivity index (χ0) is 14.6. The van der Waals surface area contributed by atoms with Crippen molar-refractivity contribution in [3.63, 3.8) is 0 Å². The van der Waals surface area contributed by atoms with Crippen LogP contribution in [-0.4, -0.2) is 24.7 Å². The minimum absolute atomic E-state index is 0.222. The van der Waals surface area contributed by atoms with Gasteiger partial charge in [-0.2, -0.15) is 5.10 Å². The largest absolute Gasteiger partial charge is 0.330 e. The van der Waals surface area contributed by atoms with E-state index in [1.165, 1.54) is 4.68 Å². The normalized spacial score (nSPS) is 11.5. The van der Waals surface area contributed by atoms with Crippen LogP contribution in [0.15, 0.2) is 41.4 Å². The van der Waals surface area contributed by atoms with Gasteiger partial charge in [-0.25, -0.2) is 8.42 Å². The Bertz CT molecular complexity index is 662. The molecule has 2 rings (SSSR count). The first-order valence-electron chi connectivity index (χ1n) is 6.33. The number of sulfonamides is 1. The van der Waals surface area contributed by atoms with Crippen LogP contribution in [-0.2, 0) is 23.5 Å². The van der Waals surface area contributed by atoms with Gasteiger partial charge in [-0.15, -0.1) is 0 Å². The van der Waals surface area contributed by atoms with Gasteiger partial charge in [0.1, 0.15) is 0 Å². The predicted molar refractivity (Wildman–Crippen MR) is 77.8 cm³/mol. The molecule has 108 valence electrons. The fraction of sp³-hybridized carbons (Fsp3) is 0.308. The van der Waals surface area contributed by atoms with Crippen molar-refractivity contribution in [3.8, 4) is 0 Å². The maximum Gasteiger partial charge on any atom is 0.263 e. The third-order valence-electron chi connectivity index (χ3n) is 2.86. The van der Waals surface area contributed by atoms with Crippen LogP contribution in [0, 0.1) is 0 Å². The fourth-order valence-electron chi connectivity index (χ4n) is 1.81. The Morgan fingerprint density at radius 2 is 1.95 bits per heavy atom. The summed E-state index contributed by atoms with van der Waals surface area (Å²) >= 11 is 0. The van der Waals surface area contributed by atoms with Crippen molar-refractivity contribution in [3.05, 3.63) is 42.1 Å². The first kappa shape index (κ1) is 14.5. The molecular weight excluding hydrogens is 276 g/mol. The molecule has 0 saturated carbocycles. The molecule has 1 aromatic heterocycles. The molecular formula is C13H18N4O2S. The summed E-state index contributed by atoms with van der Waals surface area (Å²) < 4.78 is 28.3. The standard InChI is InChI=1S/C13H18N4O2S/c1-17-10-8-13(15-17)16-20(18,19)12-6-4-11(5-7-12)3-2-9-14/h4-8,10H,2-3,9,14H2,1H3,(H,15,16). The van der Waals surface area contributed by atoms with Crippen LogP contribution < -0.4 is 10.5 Å². The number of aromatic nitrogens is 2. The molecule has 0 radical (unpaired) electrons. The molecule has 0 aliphatic carbocycles. The molecule has 1 heterocycles. The van der Waals surface area contributed by atoms with Crippen molar-refractivity contribution in [2.45, 2.75) is 17.7 Å². The number of hydrogen-bond acceptors (Lipinski definition) is 4. The topological polar surface area (TPSA) is 90.0 Å². The highest BCUT2D eigenvalue weighted by molar-refractivity contribution is 7.92. The minimum Gasteiger partial charge on any atom is -0.330 e. The summed E-state index contributed by atoms with van der Waals surface area (Å²) in [5.41, 5.74) is 6.52. The van der Waals surface area contributed by atoms with E-state index in [9.17, 15) is 8.42 Å². The van der Waals surface area contributed by atoms with E-state index < -0.39 is 10.0 Å². The van der Waals surface area contributed by atoms with Crippen molar-refractivity contribution in [2.24, 2.45) is 12.8 Å². The highest BCUT2D eigenvalue weighted by atomic mass is 32.2. The molecule has 0 amide bonds. The zero-order valence-corrected chi connectivity index (χ0v) is 12.1. The van der Waals surface area contributed by atoms with Gasteiger partial charge in [0.05, 0.1) is 4.90 Å². The van der Waals surface area contributed by atoms with Gasteiger partial charge in [-0.1, -0.05) is 12.1 Å². The summed E-state index contributed by atoms with van der Waals surface area (Å²) in [6, 6.07) is 8.41. The van der Waals surface area contributed by atoms with Gasteiger partial charge >= 0.3 is 0 Å².